The molecule has 0 radical (unpaired) electrons. The summed E-state index contributed by atoms with van der Waals surface area (Å²) in [5.41, 5.74) is 4.27. The molecule has 25 heavy (non-hydrogen) atoms. The Balaban J connectivity index is 2.03. The number of ether oxygens (including phenoxy) is 1. The maximum atomic E-state index is 6.17. The van der Waals surface area contributed by atoms with Crippen molar-refractivity contribution >= 4 is 46.7 Å². The zero-order valence-corrected chi connectivity index (χ0v) is 15.7. The number of halogens is 2. The molecule has 7 heteroatoms. The van der Waals surface area contributed by atoms with E-state index in [0.29, 0.717) is 27.5 Å². The quantitative estimate of drug-likeness (QED) is 0.313. The van der Waals surface area contributed by atoms with Crippen molar-refractivity contribution in [3.63, 3.8) is 0 Å². The zero-order chi connectivity index (χ0) is 18.1. The Morgan fingerprint density at radius 2 is 1.88 bits per heavy atom. The van der Waals surface area contributed by atoms with E-state index in [9.17, 15) is 0 Å². The number of hydrogen-bond donors (Lipinski definition) is 2. The van der Waals surface area contributed by atoms with Crippen LogP contribution in [0.2, 0.25) is 10.0 Å². The first-order valence-corrected chi connectivity index (χ1v) is 8.60. The molecule has 0 atom stereocenters. The average Bonchev–Trinajstić information content (AvgIpc) is 2.60. The molecule has 4 nitrogen and oxygen atoms in total. The summed E-state index contributed by atoms with van der Waals surface area (Å²) in [7, 11) is 0. The fourth-order valence-corrected chi connectivity index (χ4v) is 2.55. The van der Waals surface area contributed by atoms with Crippen LogP contribution in [-0.2, 0) is 6.61 Å². The van der Waals surface area contributed by atoms with Crippen LogP contribution in [0.15, 0.2) is 60.2 Å². The molecule has 0 bridgehead atoms. The molecule has 0 aliphatic carbocycles. The maximum absolute atomic E-state index is 6.17. The van der Waals surface area contributed by atoms with Crippen molar-refractivity contribution < 1.29 is 4.74 Å². The fraction of sp³-hybridized carbons (Fsp3) is 0.111. The first kappa shape index (κ1) is 19.2. The van der Waals surface area contributed by atoms with Gasteiger partial charge in [-0.1, -0.05) is 47.5 Å². The largest absolute Gasteiger partial charge is 0.488 e. The second kappa shape index (κ2) is 10.0. The molecular formula is C18H17Cl2N3OS. The van der Waals surface area contributed by atoms with Crippen LogP contribution < -0.4 is 15.5 Å². The summed E-state index contributed by atoms with van der Waals surface area (Å²) in [6, 6.07) is 12.9. The summed E-state index contributed by atoms with van der Waals surface area (Å²) in [4.78, 5) is 0. The highest BCUT2D eigenvalue weighted by atomic mass is 35.5. The van der Waals surface area contributed by atoms with Crippen molar-refractivity contribution in [3.8, 4) is 5.75 Å². The third-order valence-corrected chi connectivity index (χ3v) is 4.07. The van der Waals surface area contributed by atoms with Gasteiger partial charge in [-0.3, -0.25) is 5.43 Å². The monoisotopic (exact) mass is 393 g/mol. The Hall–Kier alpha value is -2.08. The van der Waals surface area contributed by atoms with Crippen LogP contribution >= 0.6 is 35.4 Å². The van der Waals surface area contributed by atoms with Crippen molar-refractivity contribution in [3.05, 3.63) is 76.3 Å². The summed E-state index contributed by atoms with van der Waals surface area (Å²) in [6.45, 7) is 4.44. The smallest absolute Gasteiger partial charge is 0.187 e. The lowest BCUT2D eigenvalue weighted by atomic mass is 10.2. The van der Waals surface area contributed by atoms with E-state index < -0.39 is 0 Å². The number of benzene rings is 2. The molecule has 0 aliphatic rings. The van der Waals surface area contributed by atoms with Crippen LogP contribution in [0.4, 0.5) is 0 Å². The molecule has 0 unspecified atom stereocenters. The van der Waals surface area contributed by atoms with Gasteiger partial charge in [0.15, 0.2) is 5.11 Å². The lowest BCUT2D eigenvalue weighted by Gasteiger charge is -2.11. The molecule has 0 amide bonds. The second-order valence-electron chi connectivity index (χ2n) is 4.90. The predicted octanol–water partition coefficient (Wildman–Crippen LogP) is 4.56. The maximum Gasteiger partial charge on any atom is 0.187 e. The highest BCUT2D eigenvalue weighted by Crippen LogP contribution is 2.26. The molecule has 0 saturated heterocycles. The van der Waals surface area contributed by atoms with Gasteiger partial charge in [0, 0.05) is 27.7 Å². The summed E-state index contributed by atoms with van der Waals surface area (Å²) in [5, 5.41) is 8.57. The highest BCUT2D eigenvalue weighted by Gasteiger charge is 2.08. The first-order valence-electron chi connectivity index (χ1n) is 7.44. The lowest BCUT2D eigenvalue weighted by Crippen LogP contribution is -2.31. The molecule has 2 aromatic rings. The molecule has 2 rings (SSSR count). The van der Waals surface area contributed by atoms with Crippen molar-refractivity contribution in [2.75, 3.05) is 6.54 Å². The molecule has 0 aliphatic heterocycles. The molecule has 0 aromatic heterocycles. The molecular weight excluding hydrogens is 377 g/mol. The molecule has 2 N–H and O–H groups in total. The fourth-order valence-electron chi connectivity index (χ4n) is 1.90. The van der Waals surface area contributed by atoms with E-state index in [0.717, 1.165) is 11.1 Å². The first-order chi connectivity index (χ1) is 12.1. The van der Waals surface area contributed by atoms with Gasteiger partial charge in [0.2, 0.25) is 0 Å². The van der Waals surface area contributed by atoms with E-state index in [-0.39, 0.29) is 6.61 Å². The Morgan fingerprint density at radius 1 is 1.16 bits per heavy atom. The summed E-state index contributed by atoms with van der Waals surface area (Å²) in [6.07, 6.45) is 3.34. The zero-order valence-electron chi connectivity index (χ0n) is 13.3. The molecule has 0 fully saturated rings. The Labute approximate surface area is 162 Å². The van der Waals surface area contributed by atoms with E-state index in [2.05, 4.69) is 22.4 Å². The molecule has 0 saturated carbocycles. The van der Waals surface area contributed by atoms with E-state index in [1.807, 2.05) is 24.3 Å². The topological polar surface area (TPSA) is 45.7 Å². The van der Waals surface area contributed by atoms with E-state index in [4.69, 9.17) is 40.2 Å². The second-order valence-corrected chi connectivity index (χ2v) is 6.12. The van der Waals surface area contributed by atoms with Crippen molar-refractivity contribution in [2.24, 2.45) is 5.10 Å². The van der Waals surface area contributed by atoms with Gasteiger partial charge < -0.3 is 10.1 Å². The minimum atomic E-state index is 0.260. The Kier molecular flexibility index (Phi) is 7.73. The van der Waals surface area contributed by atoms with Crippen LogP contribution in [0.3, 0.4) is 0 Å². The van der Waals surface area contributed by atoms with Gasteiger partial charge in [0.05, 0.1) is 6.21 Å². The average molecular weight is 394 g/mol. The lowest BCUT2D eigenvalue weighted by molar-refractivity contribution is 0.306. The van der Waals surface area contributed by atoms with E-state index in [1.165, 1.54) is 0 Å². The number of hydrazone groups is 1. The number of hydrogen-bond acceptors (Lipinski definition) is 3. The number of nitrogens with zero attached hydrogens (tertiary/aromatic N) is 1. The number of nitrogens with one attached hydrogen (secondary N) is 2. The van der Waals surface area contributed by atoms with Crippen LogP contribution in [0.25, 0.3) is 0 Å². The Bertz CT molecular complexity index is 760. The van der Waals surface area contributed by atoms with E-state index >= 15 is 0 Å². The standard InChI is InChI=1S/C18H17Cl2N3OS/c1-2-10-21-18(25)23-22-11-13-6-3-4-9-17(13)24-12-14-15(19)7-5-8-16(14)20/h2-9,11H,1,10,12H2,(H2,21,23,25). The third kappa shape index (κ3) is 6.05. The normalized spacial score (nSPS) is 10.5. The van der Waals surface area contributed by atoms with Gasteiger partial charge >= 0.3 is 0 Å². The van der Waals surface area contributed by atoms with Crippen molar-refractivity contribution in [1.82, 2.24) is 10.7 Å². The summed E-state index contributed by atoms with van der Waals surface area (Å²) < 4.78 is 5.86. The van der Waals surface area contributed by atoms with Gasteiger partial charge in [0.25, 0.3) is 0 Å². The van der Waals surface area contributed by atoms with Gasteiger partial charge in [-0.15, -0.1) is 6.58 Å². The van der Waals surface area contributed by atoms with E-state index in [1.54, 1.807) is 30.5 Å². The molecule has 2 aromatic carbocycles. The molecule has 130 valence electrons. The predicted molar refractivity (Wildman–Crippen MR) is 109 cm³/mol. The van der Waals surface area contributed by atoms with Crippen LogP contribution in [0.1, 0.15) is 11.1 Å². The van der Waals surface area contributed by atoms with Gasteiger partial charge in [0.1, 0.15) is 12.4 Å². The van der Waals surface area contributed by atoms with Gasteiger partial charge in [-0.2, -0.15) is 5.10 Å². The highest BCUT2D eigenvalue weighted by molar-refractivity contribution is 7.80. The van der Waals surface area contributed by atoms with Crippen LogP contribution in [0.5, 0.6) is 5.75 Å². The van der Waals surface area contributed by atoms with Crippen molar-refractivity contribution in [1.29, 1.82) is 0 Å². The summed E-state index contributed by atoms with van der Waals surface area (Å²) in [5.74, 6) is 0.661. The van der Waals surface area contributed by atoms with Crippen molar-refractivity contribution in [2.45, 2.75) is 6.61 Å². The minimum Gasteiger partial charge on any atom is -0.488 e. The van der Waals surface area contributed by atoms with Gasteiger partial charge in [-0.05, 0) is 36.5 Å². The summed E-state index contributed by atoms with van der Waals surface area (Å²) >= 11 is 17.4. The van der Waals surface area contributed by atoms with Gasteiger partial charge in [-0.25, -0.2) is 0 Å². The Morgan fingerprint density at radius 3 is 2.60 bits per heavy atom. The SMILES string of the molecule is C=CCNC(=S)NN=Cc1ccccc1OCc1c(Cl)cccc1Cl. The molecule has 0 spiro atoms. The van der Waals surface area contributed by atoms with Crippen LogP contribution in [-0.4, -0.2) is 17.9 Å². The van der Waals surface area contributed by atoms with Crippen LogP contribution in [0, 0.1) is 0 Å². The number of para-hydroxylation sites is 1. The molecule has 0 heterocycles. The minimum absolute atomic E-state index is 0.260. The number of thiocarbonyl (C=S) groups is 1. The third-order valence-electron chi connectivity index (χ3n) is 3.13. The number of rotatable bonds is 7.